The van der Waals surface area contributed by atoms with Gasteiger partial charge in [0.1, 0.15) is 0 Å². The Balaban J connectivity index is 2.40. The number of aromatic nitrogens is 2. The lowest BCUT2D eigenvalue weighted by molar-refractivity contribution is 0.630. The summed E-state index contributed by atoms with van der Waals surface area (Å²) in [5, 5.41) is 8.90. The van der Waals surface area contributed by atoms with E-state index in [-0.39, 0.29) is 6.04 Å². The normalized spacial score (nSPS) is 12.7. The van der Waals surface area contributed by atoms with Crippen LogP contribution in [0.3, 0.4) is 0 Å². The molecule has 0 radical (unpaired) electrons. The molecule has 0 saturated heterocycles. The van der Waals surface area contributed by atoms with E-state index in [9.17, 15) is 0 Å². The highest BCUT2D eigenvalue weighted by Gasteiger charge is 2.15. The van der Waals surface area contributed by atoms with Gasteiger partial charge in [-0.15, -0.1) is 0 Å². The first kappa shape index (κ1) is 13.4. The summed E-state index contributed by atoms with van der Waals surface area (Å²) >= 11 is 12.1. The molecule has 1 atom stereocenters. The van der Waals surface area contributed by atoms with Gasteiger partial charge in [0.05, 0.1) is 12.2 Å². The van der Waals surface area contributed by atoms with Gasteiger partial charge >= 0.3 is 0 Å². The molecule has 2 aromatic rings. The minimum absolute atomic E-state index is 0.0555. The van der Waals surface area contributed by atoms with Crippen molar-refractivity contribution in [3.63, 3.8) is 0 Å². The van der Waals surface area contributed by atoms with Crippen molar-refractivity contribution < 1.29 is 0 Å². The quantitative estimate of drug-likeness (QED) is 0.932. The molecule has 0 aliphatic carbocycles. The fraction of sp³-hybridized carbons (Fsp3) is 0.308. The summed E-state index contributed by atoms with van der Waals surface area (Å²) in [7, 11) is 1.90. The molecule has 1 N–H and O–H groups in total. The van der Waals surface area contributed by atoms with Gasteiger partial charge in [-0.3, -0.25) is 4.68 Å². The molecule has 1 heterocycles. The average Bonchev–Trinajstić information content (AvgIpc) is 2.71. The van der Waals surface area contributed by atoms with Crippen molar-refractivity contribution in [2.45, 2.75) is 13.0 Å². The Bertz CT molecular complexity index is 517. The fourth-order valence-corrected chi connectivity index (χ4v) is 2.51. The zero-order valence-electron chi connectivity index (χ0n) is 10.3. The SMILES string of the molecule is CCNC(c1cc(Cl)cc(Cl)c1)c1cnn(C)c1. The van der Waals surface area contributed by atoms with Gasteiger partial charge in [0.15, 0.2) is 0 Å². The van der Waals surface area contributed by atoms with E-state index in [1.807, 2.05) is 31.6 Å². The minimum Gasteiger partial charge on any atom is -0.306 e. The molecule has 2 rings (SSSR count). The largest absolute Gasteiger partial charge is 0.306 e. The van der Waals surface area contributed by atoms with E-state index in [4.69, 9.17) is 23.2 Å². The monoisotopic (exact) mass is 283 g/mol. The number of nitrogens with one attached hydrogen (secondary N) is 1. The lowest BCUT2D eigenvalue weighted by Gasteiger charge is -2.17. The lowest BCUT2D eigenvalue weighted by Crippen LogP contribution is -2.21. The topological polar surface area (TPSA) is 29.9 Å². The van der Waals surface area contributed by atoms with Crippen LogP contribution in [0, 0.1) is 0 Å². The summed E-state index contributed by atoms with van der Waals surface area (Å²) in [6.07, 6.45) is 3.84. The molecule has 0 bridgehead atoms. The molecular weight excluding hydrogens is 269 g/mol. The number of nitrogens with zero attached hydrogens (tertiary/aromatic N) is 2. The molecule has 96 valence electrons. The van der Waals surface area contributed by atoms with Gasteiger partial charge in [-0.1, -0.05) is 30.1 Å². The van der Waals surface area contributed by atoms with Crippen LogP contribution in [0.1, 0.15) is 24.1 Å². The van der Waals surface area contributed by atoms with Crippen LogP contribution < -0.4 is 5.32 Å². The van der Waals surface area contributed by atoms with Gasteiger partial charge in [0, 0.05) is 28.9 Å². The fourth-order valence-electron chi connectivity index (χ4n) is 1.96. The van der Waals surface area contributed by atoms with Gasteiger partial charge in [0.25, 0.3) is 0 Å². The van der Waals surface area contributed by atoms with E-state index in [0.717, 1.165) is 17.7 Å². The maximum absolute atomic E-state index is 6.05. The highest BCUT2D eigenvalue weighted by molar-refractivity contribution is 6.34. The van der Waals surface area contributed by atoms with Gasteiger partial charge in [-0.25, -0.2) is 0 Å². The number of halogens is 2. The highest BCUT2D eigenvalue weighted by atomic mass is 35.5. The van der Waals surface area contributed by atoms with Gasteiger partial charge in [0.2, 0.25) is 0 Å². The third-order valence-electron chi connectivity index (χ3n) is 2.68. The number of benzene rings is 1. The van der Waals surface area contributed by atoms with Crippen molar-refractivity contribution >= 4 is 23.2 Å². The number of hydrogen-bond donors (Lipinski definition) is 1. The molecule has 0 aliphatic heterocycles. The molecular formula is C13H15Cl2N3. The maximum Gasteiger partial charge on any atom is 0.0608 e. The first-order chi connectivity index (χ1) is 8.60. The van der Waals surface area contributed by atoms with Crippen LogP contribution in [0.25, 0.3) is 0 Å². The van der Waals surface area contributed by atoms with Crippen LogP contribution in [0.5, 0.6) is 0 Å². The summed E-state index contributed by atoms with van der Waals surface area (Å²) < 4.78 is 1.78. The van der Waals surface area contributed by atoms with E-state index < -0.39 is 0 Å². The lowest BCUT2D eigenvalue weighted by atomic mass is 10.0. The standard InChI is InChI=1S/C13H15Cl2N3/c1-3-16-13(10-7-17-18(2)8-10)9-4-11(14)6-12(15)5-9/h4-8,13,16H,3H2,1-2H3. The van der Waals surface area contributed by atoms with Crippen LogP contribution in [-0.4, -0.2) is 16.3 Å². The molecule has 1 unspecified atom stereocenters. The predicted octanol–water partition coefficient (Wildman–Crippen LogP) is 3.43. The molecule has 0 spiro atoms. The maximum atomic E-state index is 6.05. The highest BCUT2D eigenvalue weighted by Crippen LogP contribution is 2.27. The zero-order chi connectivity index (χ0) is 13.1. The van der Waals surface area contributed by atoms with Crippen molar-refractivity contribution in [2.75, 3.05) is 6.54 Å². The van der Waals surface area contributed by atoms with E-state index >= 15 is 0 Å². The van der Waals surface area contributed by atoms with E-state index in [1.54, 1.807) is 10.7 Å². The van der Waals surface area contributed by atoms with Crippen molar-refractivity contribution in [2.24, 2.45) is 7.05 Å². The van der Waals surface area contributed by atoms with E-state index in [0.29, 0.717) is 10.0 Å². The summed E-state index contributed by atoms with van der Waals surface area (Å²) in [5.74, 6) is 0. The van der Waals surface area contributed by atoms with Crippen LogP contribution >= 0.6 is 23.2 Å². The van der Waals surface area contributed by atoms with Crippen molar-refractivity contribution in [3.8, 4) is 0 Å². The van der Waals surface area contributed by atoms with Crippen LogP contribution in [-0.2, 0) is 7.05 Å². The molecule has 5 heteroatoms. The molecule has 0 amide bonds. The molecule has 0 fully saturated rings. The Morgan fingerprint density at radius 2 is 1.89 bits per heavy atom. The molecule has 18 heavy (non-hydrogen) atoms. The van der Waals surface area contributed by atoms with Gasteiger partial charge in [-0.2, -0.15) is 5.10 Å². The second-order valence-corrected chi connectivity index (χ2v) is 5.01. The molecule has 3 nitrogen and oxygen atoms in total. The smallest absolute Gasteiger partial charge is 0.0608 e. The number of hydrogen-bond acceptors (Lipinski definition) is 2. The summed E-state index contributed by atoms with van der Waals surface area (Å²) in [6, 6.07) is 5.64. The van der Waals surface area contributed by atoms with Crippen molar-refractivity contribution in [1.29, 1.82) is 0 Å². The molecule has 1 aromatic carbocycles. The van der Waals surface area contributed by atoms with Crippen LogP contribution in [0.15, 0.2) is 30.6 Å². The van der Waals surface area contributed by atoms with Gasteiger partial charge < -0.3 is 5.32 Å². The van der Waals surface area contributed by atoms with Crippen molar-refractivity contribution in [1.82, 2.24) is 15.1 Å². The first-order valence-electron chi connectivity index (χ1n) is 5.78. The first-order valence-corrected chi connectivity index (χ1v) is 6.53. The van der Waals surface area contributed by atoms with Crippen LogP contribution in [0.4, 0.5) is 0 Å². The molecule has 0 saturated carbocycles. The summed E-state index contributed by atoms with van der Waals surface area (Å²) in [5.41, 5.74) is 2.14. The Kier molecular flexibility index (Phi) is 4.27. The third-order valence-corrected chi connectivity index (χ3v) is 3.12. The second kappa shape index (κ2) is 5.74. The Morgan fingerprint density at radius 1 is 1.22 bits per heavy atom. The predicted molar refractivity (Wildman–Crippen MR) is 75.2 cm³/mol. The number of rotatable bonds is 4. The van der Waals surface area contributed by atoms with Gasteiger partial charge in [-0.05, 0) is 30.3 Å². The van der Waals surface area contributed by atoms with E-state index in [2.05, 4.69) is 17.3 Å². The molecule has 0 aliphatic rings. The molecule has 1 aromatic heterocycles. The second-order valence-electron chi connectivity index (χ2n) is 4.14. The zero-order valence-corrected chi connectivity index (χ0v) is 11.8. The Hall–Kier alpha value is -1.03. The minimum atomic E-state index is 0.0555. The van der Waals surface area contributed by atoms with Crippen molar-refractivity contribution in [3.05, 3.63) is 51.8 Å². The summed E-state index contributed by atoms with van der Waals surface area (Å²) in [6.45, 7) is 2.92. The number of aryl methyl sites for hydroxylation is 1. The van der Waals surface area contributed by atoms with E-state index in [1.165, 1.54) is 0 Å². The average molecular weight is 284 g/mol. The summed E-state index contributed by atoms with van der Waals surface area (Å²) in [4.78, 5) is 0. The third kappa shape index (κ3) is 3.05. The van der Waals surface area contributed by atoms with Crippen LogP contribution in [0.2, 0.25) is 10.0 Å². The Labute approximate surface area is 117 Å². The Morgan fingerprint density at radius 3 is 2.39 bits per heavy atom.